The maximum absolute atomic E-state index is 11.8. The number of allylic oxidation sites excluding steroid dienone is 5. The van der Waals surface area contributed by atoms with Gasteiger partial charge >= 0.3 is 5.97 Å². The number of carboxylic acid groups (broad SMARTS) is 1. The number of nitrogens with zero attached hydrogens (tertiary/aromatic N) is 1. The van der Waals surface area contributed by atoms with E-state index in [1.54, 1.807) is 6.07 Å². The summed E-state index contributed by atoms with van der Waals surface area (Å²) in [6, 6.07) is 23.1. The number of fused-ring (bicyclic) bond motifs is 1. The first kappa shape index (κ1) is 32.9. The van der Waals surface area contributed by atoms with Gasteiger partial charge in [-0.05, 0) is 66.5 Å². The highest BCUT2D eigenvalue weighted by Crippen LogP contribution is 2.48. The molecule has 0 saturated heterocycles. The first-order valence-corrected chi connectivity index (χ1v) is 16.3. The van der Waals surface area contributed by atoms with Crippen molar-refractivity contribution in [2.75, 3.05) is 11.4 Å². The van der Waals surface area contributed by atoms with Crippen molar-refractivity contribution in [3.63, 3.8) is 0 Å². The van der Waals surface area contributed by atoms with Gasteiger partial charge in [0.2, 0.25) is 0 Å². The third-order valence-electron chi connectivity index (χ3n) is 8.53. The highest BCUT2D eigenvalue weighted by atomic mass is 32.2. The smallest absolute Gasteiger partial charge is 0.303 e. The van der Waals surface area contributed by atoms with E-state index in [1.807, 2.05) is 62.4 Å². The predicted octanol–water partition coefficient (Wildman–Crippen LogP) is 6.83. The second-order valence-corrected chi connectivity index (χ2v) is 13.7. The van der Waals surface area contributed by atoms with Crippen LogP contribution in [0.5, 0.6) is 0 Å². The number of benzene rings is 3. The molecule has 44 heavy (non-hydrogen) atoms. The Kier molecular flexibility index (Phi) is 9.98. The number of hydrogen-bond donors (Lipinski definition) is 2. The van der Waals surface area contributed by atoms with E-state index >= 15 is 0 Å². The summed E-state index contributed by atoms with van der Waals surface area (Å²) in [5.74, 6) is -0.807. The van der Waals surface area contributed by atoms with E-state index in [0.717, 1.165) is 52.3 Å². The summed E-state index contributed by atoms with van der Waals surface area (Å²) >= 11 is 0. The van der Waals surface area contributed by atoms with Gasteiger partial charge < -0.3 is 14.6 Å². The topological polar surface area (TPSA) is 114 Å². The molecule has 0 radical (unpaired) electrons. The molecule has 0 spiro atoms. The summed E-state index contributed by atoms with van der Waals surface area (Å²) in [6.07, 6.45) is 8.26. The minimum atomic E-state index is -4.61. The molecular weight excluding hydrogens is 572 g/mol. The molecule has 4 rings (SSSR count). The van der Waals surface area contributed by atoms with Crippen LogP contribution in [0.25, 0.3) is 0 Å². The van der Waals surface area contributed by atoms with Crippen LogP contribution in [0.1, 0.15) is 64.5 Å². The number of quaternary nitrogens is 1. The summed E-state index contributed by atoms with van der Waals surface area (Å²) in [7, 11) is -4.61. The molecule has 0 amide bonds. The van der Waals surface area contributed by atoms with Crippen LogP contribution in [0, 0.1) is 0 Å². The molecule has 8 heteroatoms. The average Bonchev–Trinajstić information content (AvgIpc) is 3.18. The van der Waals surface area contributed by atoms with Crippen molar-refractivity contribution in [1.82, 2.24) is 0 Å². The lowest BCUT2D eigenvalue weighted by Gasteiger charge is -2.28. The van der Waals surface area contributed by atoms with Gasteiger partial charge in [0.15, 0.2) is 0 Å². The summed E-state index contributed by atoms with van der Waals surface area (Å²) in [5.41, 5.74) is 5.98. The Bertz CT molecular complexity index is 1690. The Hall–Kier alpha value is -3.98. The first-order valence-electron chi connectivity index (χ1n) is 14.9. The molecule has 3 aromatic carbocycles. The van der Waals surface area contributed by atoms with Gasteiger partial charge in [0.1, 0.15) is 21.5 Å². The van der Waals surface area contributed by atoms with E-state index in [9.17, 15) is 17.8 Å². The Morgan fingerprint density at radius 3 is 2.39 bits per heavy atom. The van der Waals surface area contributed by atoms with Crippen molar-refractivity contribution in [2.24, 2.45) is 0 Å². The minimum absolute atomic E-state index is 0.127. The number of carbonyl (C=O) groups is 1. The van der Waals surface area contributed by atoms with E-state index in [4.69, 9.17) is 5.11 Å². The summed E-state index contributed by atoms with van der Waals surface area (Å²) in [4.78, 5) is 12.9. The van der Waals surface area contributed by atoms with Gasteiger partial charge in [-0.1, -0.05) is 89.2 Å². The molecule has 0 atom stereocenters. The van der Waals surface area contributed by atoms with E-state index in [2.05, 4.69) is 54.9 Å². The van der Waals surface area contributed by atoms with Crippen LogP contribution in [0.3, 0.4) is 0 Å². The molecule has 3 N–H and O–H groups in total. The van der Waals surface area contributed by atoms with E-state index in [-0.39, 0.29) is 16.7 Å². The Morgan fingerprint density at radius 1 is 1.02 bits per heavy atom. The monoisotopic (exact) mass is 614 g/mol. The van der Waals surface area contributed by atoms with Gasteiger partial charge in [0, 0.05) is 40.7 Å². The summed E-state index contributed by atoms with van der Waals surface area (Å²) < 4.78 is 35.5. The molecule has 1 aliphatic heterocycles. The van der Waals surface area contributed by atoms with Crippen molar-refractivity contribution in [1.29, 1.82) is 0 Å². The third kappa shape index (κ3) is 7.38. The molecule has 1 aliphatic rings. The van der Waals surface area contributed by atoms with Crippen LogP contribution in [0.15, 0.2) is 114 Å². The van der Waals surface area contributed by atoms with Crippen LogP contribution in [0.2, 0.25) is 0 Å². The van der Waals surface area contributed by atoms with Crippen LogP contribution < -0.4 is 10.2 Å². The molecule has 7 nitrogen and oxygen atoms in total. The Morgan fingerprint density at radius 2 is 1.70 bits per heavy atom. The number of rotatable bonds is 13. The van der Waals surface area contributed by atoms with Gasteiger partial charge in [-0.3, -0.25) is 10.1 Å². The molecule has 1 heterocycles. The standard InChI is InChI=1S/C36H42N2O5S/c1-26(35(2,3)29-18-11-12-19-31(29)37-27-16-8-6-9-17-27)15-14-20-33-36(4,5)30-25-28(44(41,42)43)22-23-32(30)38(33)24-13-7-10-21-34(39)40/h6,8-9,11-12,14-20,22-23,25,37H,1,7,10,13,21,24H2,2-5H3,(H,39,40)(H,41,42,43). The Labute approximate surface area is 261 Å². The fourth-order valence-corrected chi connectivity index (χ4v) is 6.33. The number of unbranched alkanes of at least 4 members (excludes halogenated alkanes) is 2. The van der Waals surface area contributed by atoms with E-state index in [1.165, 1.54) is 12.1 Å². The third-order valence-corrected chi connectivity index (χ3v) is 9.37. The minimum Gasteiger partial charge on any atom is -0.744 e. The number of anilines is 1. The van der Waals surface area contributed by atoms with Gasteiger partial charge in [-0.15, -0.1) is 0 Å². The SMILES string of the molecule is C=C(C=CC=C1N(CCCCCC(=O)O)c2ccc(S(=O)(=O)[O-])cc2C1(C)C)C(C)(C)c1ccccc1[NH2+]c1ccccc1. The first-order chi connectivity index (χ1) is 20.7. The fourth-order valence-electron chi connectivity index (χ4n) is 5.83. The predicted molar refractivity (Wildman–Crippen MR) is 174 cm³/mol. The number of carboxylic acids is 1. The lowest BCUT2D eigenvalue weighted by molar-refractivity contribution is -0.479. The van der Waals surface area contributed by atoms with Crippen molar-refractivity contribution < 1.29 is 28.2 Å². The quantitative estimate of drug-likeness (QED) is 0.0944. The van der Waals surface area contributed by atoms with Crippen molar-refractivity contribution in [3.05, 3.63) is 120 Å². The van der Waals surface area contributed by atoms with Crippen molar-refractivity contribution in [2.45, 2.75) is 69.1 Å². The van der Waals surface area contributed by atoms with Gasteiger partial charge in [-0.2, -0.15) is 0 Å². The Balaban J connectivity index is 1.62. The molecule has 0 aromatic heterocycles. The number of para-hydroxylation sites is 2. The molecular formula is C36H42N2O5S. The maximum atomic E-state index is 11.8. The second kappa shape index (κ2) is 13.3. The maximum Gasteiger partial charge on any atom is 0.303 e. The lowest BCUT2D eigenvalue weighted by atomic mass is 9.77. The zero-order valence-corrected chi connectivity index (χ0v) is 26.7. The highest BCUT2D eigenvalue weighted by Gasteiger charge is 2.40. The zero-order chi connectivity index (χ0) is 32.1. The van der Waals surface area contributed by atoms with Crippen LogP contribution in [0.4, 0.5) is 17.1 Å². The van der Waals surface area contributed by atoms with Crippen molar-refractivity contribution in [3.8, 4) is 0 Å². The van der Waals surface area contributed by atoms with Gasteiger partial charge in [0.05, 0.1) is 4.90 Å². The molecule has 0 saturated carbocycles. The number of nitrogens with two attached hydrogens (primary N) is 1. The summed E-state index contributed by atoms with van der Waals surface area (Å²) in [6.45, 7) is 13.4. The van der Waals surface area contributed by atoms with Crippen LogP contribution in [-0.2, 0) is 25.7 Å². The molecule has 0 bridgehead atoms. The normalized spacial score (nSPS) is 15.6. The van der Waals surface area contributed by atoms with Gasteiger partial charge in [-0.25, -0.2) is 8.42 Å². The number of hydrogen-bond acceptors (Lipinski definition) is 5. The van der Waals surface area contributed by atoms with Crippen molar-refractivity contribution >= 4 is 33.1 Å². The molecule has 0 unspecified atom stereocenters. The largest absolute Gasteiger partial charge is 0.744 e. The van der Waals surface area contributed by atoms with Gasteiger partial charge in [0.25, 0.3) is 0 Å². The second-order valence-electron chi connectivity index (χ2n) is 12.3. The van der Waals surface area contributed by atoms with Crippen LogP contribution >= 0.6 is 0 Å². The fraction of sp³-hybridized carbons (Fsp3) is 0.306. The van der Waals surface area contributed by atoms with E-state index in [0.29, 0.717) is 13.0 Å². The highest BCUT2D eigenvalue weighted by molar-refractivity contribution is 7.85. The average molecular weight is 615 g/mol. The lowest BCUT2D eigenvalue weighted by Crippen LogP contribution is -2.71. The van der Waals surface area contributed by atoms with E-state index < -0.39 is 21.5 Å². The molecule has 0 aliphatic carbocycles. The zero-order valence-electron chi connectivity index (χ0n) is 25.9. The van der Waals surface area contributed by atoms with Crippen LogP contribution in [-0.4, -0.2) is 30.6 Å². The molecule has 0 fully saturated rings. The number of aliphatic carboxylic acids is 1. The molecule has 232 valence electrons. The molecule has 3 aromatic rings. The summed E-state index contributed by atoms with van der Waals surface area (Å²) in [5, 5.41) is 11.2.